The Bertz CT molecular complexity index is 509. The fourth-order valence-electron chi connectivity index (χ4n) is 2.61. The average molecular weight is 289 g/mol. The highest BCUT2D eigenvalue weighted by Gasteiger charge is 2.35. The summed E-state index contributed by atoms with van der Waals surface area (Å²) in [4.78, 5) is 14.9. The molecule has 1 saturated carbocycles. The van der Waals surface area contributed by atoms with Crippen molar-refractivity contribution in [2.24, 2.45) is 5.92 Å². The summed E-state index contributed by atoms with van der Waals surface area (Å²) in [6.07, 6.45) is 2.42. The van der Waals surface area contributed by atoms with Gasteiger partial charge in [-0.1, -0.05) is 19.9 Å². The molecule has 3 N–H and O–H groups in total. The fraction of sp³-hybridized carbons (Fsp3) is 0.588. The van der Waals surface area contributed by atoms with Crippen LogP contribution in [0.25, 0.3) is 0 Å². The molecule has 0 aromatic heterocycles. The number of hydrogen-bond acceptors (Lipinski definition) is 3. The number of rotatable bonds is 6. The number of hydrogen-bond donors (Lipinski definition) is 2. The molecule has 1 amide bonds. The first-order valence-corrected chi connectivity index (χ1v) is 7.81. The summed E-state index contributed by atoms with van der Waals surface area (Å²) >= 11 is 0. The topological polar surface area (TPSA) is 58.4 Å². The monoisotopic (exact) mass is 289 g/mol. The van der Waals surface area contributed by atoms with Gasteiger partial charge < -0.3 is 11.1 Å². The Balaban J connectivity index is 2.05. The van der Waals surface area contributed by atoms with Crippen LogP contribution in [0.4, 0.5) is 11.4 Å². The van der Waals surface area contributed by atoms with Crippen molar-refractivity contribution in [3.8, 4) is 0 Å². The Kier molecular flexibility index (Phi) is 4.88. The highest BCUT2D eigenvalue weighted by Crippen LogP contribution is 2.30. The van der Waals surface area contributed by atoms with Crippen molar-refractivity contribution in [2.45, 2.75) is 52.6 Å². The molecule has 4 heteroatoms. The Morgan fingerprint density at radius 3 is 2.62 bits per heavy atom. The number of carbonyl (C=O) groups is 1. The van der Waals surface area contributed by atoms with Crippen LogP contribution in [-0.2, 0) is 4.79 Å². The lowest BCUT2D eigenvalue weighted by atomic mass is 10.1. The van der Waals surface area contributed by atoms with Crippen LogP contribution in [0.3, 0.4) is 0 Å². The summed E-state index contributed by atoms with van der Waals surface area (Å²) in [5, 5.41) is 3.03. The van der Waals surface area contributed by atoms with Crippen LogP contribution in [0, 0.1) is 12.8 Å². The number of nitrogens with zero attached hydrogens (tertiary/aromatic N) is 1. The van der Waals surface area contributed by atoms with E-state index in [1.54, 1.807) is 0 Å². The predicted octanol–water partition coefficient (Wildman–Crippen LogP) is 3.02. The highest BCUT2D eigenvalue weighted by molar-refractivity contribution is 5.95. The number of amides is 1. The van der Waals surface area contributed by atoms with E-state index in [4.69, 9.17) is 5.73 Å². The molecular weight excluding hydrogens is 262 g/mol. The van der Waals surface area contributed by atoms with Crippen molar-refractivity contribution in [1.29, 1.82) is 0 Å². The highest BCUT2D eigenvalue weighted by atomic mass is 16.2. The van der Waals surface area contributed by atoms with Gasteiger partial charge in [0.05, 0.1) is 6.04 Å². The minimum absolute atomic E-state index is 0.0521. The molecule has 0 heterocycles. The van der Waals surface area contributed by atoms with Gasteiger partial charge in [-0.3, -0.25) is 9.69 Å². The summed E-state index contributed by atoms with van der Waals surface area (Å²) in [6, 6.07) is 6.08. The van der Waals surface area contributed by atoms with Crippen LogP contribution in [0.2, 0.25) is 0 Å². The average Bonchev–Trinajstić information content (AvgIpc) is 3.23. The number of nitrogen functional groups attached to an aromatic ring is 1. The van der Waals surface area contributed by atoms with Crippen LogP contribution in [0.1, 0.15) is 39.2 Å². The zero-order valence-corrected chi connectivity index (χ0v) is 13.5. The van der Waals surface area contributed by atoms with E-state index in [2.05, 4.69) is 24.1 Å². The summed E-state index contributed by atoms with van der Waals surface area (Å²) in [5.74, 6) is 0.617. The van der Waals surface area contributed by atoms with Gasteiger partial charge in [0.2, 0.25) is 5.91 Å². The molecule has 1 aliphatic carbocycles. The minimum atomic E-state index is -0.110. The van der Waals surface area contributed by atoms with E-state index < -0.39 is 0 Å². The third-order valence-electron chi connectivity index (χ3n) is 3.99. The predicted molar refractivity (Wildman–Crippen MR) is 88.2 cm³/mol. The van der Waals surface area contributed by atoms with Crippen LogP contribution >= 0.6 is 0 Å². The Morgan fingerprint density at radius 2 is 2.05 bits per heavy atom. The van der Waals surface area contributed by atoms with Crippen molar-refractivity contribution < 1.29 is 4.79 Å². The van der Waals surface area contributed by atoms with Crippen LogP contribution in [0.5, 0.6) is 0 Å². The number of aryl methyl sites for hydroxylation is 1. The van der Waals surface area contributed by atoms with Crippen LogP contribution < -0.4 is 11.1 Å². The molecule has 1 aliphatic rings. The molecule has 21 heavy (non-hydrogen) atoms. The Hall–Kier alpha value is -1.55. The van der Waals surface area contributed by atoms with Crippen molar-refractivity contribution >= 4 is 17.3 Å². The maximum absolute atomic E-state index is 12.5. The Morgan fingerprint density at radius 1 is 1.38 bits per heavy atom. The smallest absolute Gasteiger partial charge is 0.241 e. The lowest BCUT2D eigenvalue weighted by Gasteiger charge is -2.30. The molecule has 0 saturated heterocycles. The number of carbonyl (C=O) groups excluding carboxylic acids is 1. The molecule has 2 rings (SSSR count). The third kappa shape index (κ3) is 4.21. The normalized spacial score (nSPS) is 16.3. The van der Waals surface area contributed by atoms with Crippen molar-refractivity contribution in [2.75, 3.05) is 17.6 Å². The summed E-state index contributed by atoms with van der Waals surface area (Å²) in [7, 11) is 0. The van der Waals surface area contributed by atoms with Crippen LogP contribution in [-0.4, -0.2) is 29.4 Å². The van der Waals surface area contributed by atoms with Gasteiger partial charge in [0.25, 0.3) is 0 Å². The molecule has 4 nitrogen and oxygen atoms in total. The second-order valence-corrected chi connectivity index (χ2v) is 6.56. The molecule has 0 aliphatic heterocycles. The second-order valence-electron chi connectivity index (χ2n) is 6.56. The van der Waals surface area contributed by atoms with Gasteiger partial charge in [-0.2, -0.15) is 0 Å². The molecule has 1 atom stereocenters. The van der Waals surface area contributed by atoms with E-state index in [1.807, 2.05) is 32.0 Å². The lowest BCUT2D eigenvalue weighted by molar-refractivity contribution is -0.121. The van der Waals surface area contributed by atoms with E-state index in [0.29, 0.717) is 17.6 Å². The van der Waals surface area contributed by atoms with E-state index >= 15 is 0 Å². The molecule has 0 radical (unpaired) electrons. The van der Waals surface area contributed by atoms with Gasteiger partial charge in [-0.15, -0.1) is 0 Å². The van der Waals surface area contributed by atoms with E-state index in [-0.39, 0.29) is 11.9 Å². The molecule has 1 aromatic rings. The molecule has 1 unspecified atom stereocenters. The first kappa shape index (κ1) is 15.8. The standard InChI is InChI=1S/C17H27N3O/c1-11(2)10-20(15-7-8-15)13(4)17(21)19-16-9-14(18)6-5-12(16)3/h5-6,9,11,13,15H,7-8,10,18H2,1-4H3,(H,19,21). The van der Waals surface area contributed by atoms with E-state index in [0.717, 1.165) is 17.8 Å². The quantitative estimate of drug-likeness (QED) is 0.791. The van der Waals surface area contributed by atoms with Gasteiger partial charge in [0.15, 0.2) is 0 Å². The largest absolute Gasteiger partial charge is 0.399 e. The number of nitrogens with one attached hydrogen (secondary N) is 1. The summed E-state index contributed by atoms with van der Waals surface area (Å²) in [6.45, 7) is 9.34. The third-order valence-corrected chi connectivity index (χ3v) is 3.99. The summed E-state index contributed by atoms with van der Waals surface area (Å²) in [5.41, 5.74) is 8.32. The molecule has 1 aromatic carbocycles. The molecular formula is C17H27N3O. The van der Waals surface area contributed by atoms with Gasteiger partial charge in [-0.05, 0) is 50.3 Å². The van der Waals surface area contributed by atoms with Crippen molar-refractivity contribution in [3.05, 3.63) is 23.8 Å². The van der Waals surface area contributed by atoms with Gasteiger partial charge in [-0.25, -0.2) is 0 Å². The number of anilines is 2. The van der Waals surface area contributed by atoms with E-state index in [9.17, 15) is 4.79 Å². The van der Waals surface area contributed by atoms with Crippen molar-refractivity contribution in [1.82, 2.24) is 4.90 Å². The zero-order valence-electron chi connectivity index (χ0n) is 13.5. The van der Waals surface area contributed by atoms with E-state index in [1.165, 1.54) is 12.8 Å². The second kappa shape index (κ2) is 6.48. The van der Waals surface area contributed by atoms with Crippen LogP contribution in [0.15, 0.2) is 18.2 Å². The first-order valence-electron chi connectivity index (χ1n) is 7.81. The molecule has 0 spiro atoms. The maximum atomic E-state index is 12.5. The fourth-order valence-corrected chi connectivity index (χ4v) is 2.61. The Labute approximate surface area is 127 Å². The van der Waals surface area contributed by atoms with Gasteiger partial charge >= 0.3 is 0 Å². The summed E-state index contributed by atoms with van der Waals surface area (Å²) < 4.78 is 0. The van der Waals surface area contributed by atoms with Gasteiger partial charge in [0.1, 0.15) is 0 Å². The number of nitrogens with two attached hydrogens (primary N) is 1. The molecule has 1 fully saturated rings. The number of benzene rings is 1. The molecule has 0 bridgehead atoms. The first-order chi connectivity index (χ1) is 9.88. The lowest BCUT2D eigenvalue weighted by Crippen LogP contribution is -2.45. The van der Waals surface area contributed by atoms with Crippen molar-refractivity contribution in [3.63, 3.8) is 0 Å². The van der Waals surface area contributed by atoms with Gasteiger partial charge in [0, 0.05) is 24.0 Å². The molecule has 116 valence electrons. The zero-order chi connectivity index (χ0) is 15.6. The maximum Gasteiger partial charge on any atom is 0.241 e. The SMILES string of the molecule is Cc1ccc(N)cc1NC(=O)C(C)N(CC(C)C)C1CC1. The minimum Gasteiger partial charge on any atom is -0.399 e.